The first-order valence-electron chi connectivity index (χ1n) is 14.3. The molecule has 2 aliphatic heterocycles. The Hall–Kier alpha value is -4.13. The first kappa shape index (κ1) is 26.1. The lowest BCUT2D eigenvalue weighted by Crippen LogP contribution is -2.45. The molecule has 1 aromatic heterocycles. The average Bonchev–Trinajstić information content (AvgIpc) is 3.50. The summed E-state index contributed by atoms with van der Waals surface area (Å²) in [6.07, 6.45) is 5.90. The summed E-state index contributed by atoms with van der Waals surface area (Å²) in [5.41, 5.74) is 4.35. The molecule has 0 aliphatic carbocycles. The zero-order valence-corrected chi connectivity index (χ0v) is 23.0. The van der Waals surface area contributed by atoms with Crippen molar-refractivity contribution in [3.63, 3.8) is 0 Å². The summed E-state index contributed by atoms with van der Waals surface area (Å²) in [5, 5.41) is 11.8. The molecule has 2 amide bonds. The van der Waals surface area contributed by atoms with Crippen LogP contribution in [0.25, 0.3) is 22.2 Å². The molecular formula is C33H36N4O3. The summed E-state index contributed by atoms with van der Waals surface area (Å²) in [6.45, 7) is 4.34. The summed E-state index contributed by atoms with van der Waals surface area (Å²) >= 11 is 0. The Morgan fingerprint density at radius 2 is 1.77 bits per heavy atom. The van der Waals surface area contributed by atoms with Gasteiger partial charge in [0.05, 0.1) is 17.3 Å². The lowest BCUT2D eigenvalue weighted by Gasteiger charge is -2.36. The number of piperidine rings is 1. The van der Waals surface area contributed by atoms with Crippen LogP contribution in [0.4, 0.5) is 0 Å². The van der Waals surface area contributed by atoms with E-state index in [2.05, 4.69) is 41.5 Å². The number of hydrogen-bond donors (Lipinski definition) is 2. The Morgan fingerprint density at radius 3 is 2.45 bits per heavy atom. The van der Waals surface area contributed by atoms with E-state index in [0.717, 1.165) is 72.0 Å². The van der Waals surface area contributed by atoms with Gasteiger partial charge in [0.1, 0.15) is 11.9 Å². The van der Waals surface area contributed by atoms with E-state index in [1.807, 2.05) is 65.6 Å². The average molecular weight is 537 g/mol. The van der Waals surface area contributed by atoms with Crippen molar-refractivity contribution in [1.29, 1.82) is 0 Å². The van der Waals surface area contributed by atoms with Gasteiger partial charge in [0, 0.05) is 41.4 Å². The van der Waals surface area contributed by atoms with Gasteiger partial charge in [-0.05, 0) is 73.2 Å². The molecule has 40 heavy (non-hydrogen) atoms. The van der Waals surface area contributed by atoms with Crippen LogP contribution < -0.4 is 10.1 Å². The minimum absolute atomic E-state index is 0.0540. The van der Waals surface area contributed by atoms with Crippen molar-refractivity contribution in [3.8, 4) is 17.0 Å². The first-order chi connectivity index (χ1) is 19.5. The number of nitrogens with zero attached hydrogens (tertiary/aromatic N) is 2. The molecule has 7 heteroatoms. The SMILES string of the molecule is CC(C)CC(NC(=O)c1ccc2[nH]nc(-c3ccc(OC4CC5CCC(C4)N5C=O)cc3)c2c1)c1ccccc1. The molecule has 6 rings (SSSR count). The number of hydrogen-bond acceptors (Lipinski definition) is 4. The van der Waals surface area contributed by atoms with Crippen LogP contribution in [0, 0.1) is 5.92 Å². The van der Waals surface area contributed by atoms with E-state index >= 15 is 0 Å². The number of aromatic amines is 1. The third-order valence-corrected chi connectivity index (χ3v) is 8.34. The van der Waals surface area contributed by atoms with Crippen LogP contribution in [-0.4, -0.2) is 45.6 Å². The van der Waals surface area contributed by atoms with Gasteiger partial charge in [-0.15, -0.1) is 0 Å². The van der Waals surface area contributed by atoms with Gasteiger partial charge in [-0.1, -0.05) is 44.2 Å². The van der Waals surface area contributed by atoms with Crippen molar-refractivity contribution < 1.29 is 14.3 Å². The number of aromatic nitrogens is 2. The van der Waals surface area contributed by atoms with E-state index in [-0.39, 0.29) is 18.1 Å². The highest BCUT2D eigenvalue weighted by Crippen LogP contribution is 2.37. The van der Waals surface area contributed by atoms with Gasteiger partial charge in [-0.25, -0.2) is 0 Å². The van der Waals surface area contributed by atoms with Crippen LogP contribution in [0.2, 0.25) is 0 Å². The van der Waals surface area contributed by atoms with Crippen LogP contribution in [-0.2, 0) is 4.79 Å². The van der Waals surface area contributed by atoms with Crippen molar-refractivity contribution in [1.82, 2.24) is 20.4 Å². The molecular weight excluding hydrogens is 500 g/mol. The quantitative estimate of drug-likeness (QED) is 0.247. The Morgan fingerprint density at radius 1 is 1.05 bits per heavy atom. The zero-order chi connectivity index (χ0) is 27.6. The number of amides is 2. The van der Waals surface area contributed by atoms with Crippen LogP contribution >= 0.6 is 0 Å². The number of rotatable bonds is 9. The van der Waals surface area contributed by atoms with E-state index in [1.165, 1.54) is 0 Å². The number of benzene rings is 3. The Labute approximate surface area is 234 Å². The maximum absolute atomic E-state index is 13.4. The van der Waals surface area contributed by atoms with Crippen LogP contribution in [0.15, 0.2) is 72.8 Å². The van der Waals surface area contributed by atoms with Crippen LogP contribution in [0.1, 0.15) is 67.9 Å². The van der Waals surface area contributed by atoms with Crippen molar-refractivity contribution in [2.24, 2.45) is 5.92 Å². The minimum atomic E-state index is -0.0955. The van der Waals surface area contributed by atoms with Gasteiger partial charge in [0.25, 0.3) is 5.91 Å². The fourth-order valence-corrected chi connectivity index (χ4v) is 6.37. The zero-order valence-electron chi connectivity index (χ0n) is 23.0. The maximum atomic E-state index is 13.4. The standard InChI is InChI=1S/C33H36N4O3/c1-21(2)16-31(22-6-4-3-5-7-22)34-33(39)24-10-15-30-29(17-24)32(36-35-30)23-8-13-27(14-9-23)40-28-18-25-11-12-26(19-28)37(25)20-38/h3-10,13-15,17,20-21,25-26,28,31H,11-12,16,18-19H2,1-2H3,(H,34,39)(H,35,36). The predicted molar refractivity (Wildman–Crippen MR) is 156 cm³/mol. The summed E-state index contributed by atoms with van der Waals surface area (Å²) in [5.74, 6) is 1.17. The van der Waals surface area contributed by atoms with Crippen molar-refractivity contribution >= 4 is 23.2 Å². The molecule has 3 aromatic carbocycles. The van der Waals surface area contributed by atoms with E-state index in [9.17, 15) is 9.59 Å². The number of ether oxygens (including phenoxy) is 1. The van der Waals surface area contributed by atoms with Gasteiger partial charge in [0.2, 0.25) is 6.41 Å². The molecule has 2 N–H and O–H groups in total. The molecule has 3 heterocycles. The summed E-state index contributed by atoms with van der Waals surface area (Å²) in [7, 11) is 0. The maximum Gasteiger partial charge on any atom is 0.251 e. The predicted octanol–water partition coefficient (Wildman–Crippen LogP) is 6.28. The molecule has 4 aromatic rings. The van der Waals surface area contributed by atoms with Gasteiger partial charge in [0.15, 0.2) is 0 Å². The molecule has 0 spiro atoms. The normalized spacial score (nSPS) is 21.0. The van der Waals surface area contributed by atoms with Crippen LogP contribution in [0.3, 0.4) is 0 Å². The number of carbonyl (C=O) groups excluding carboxylic acids is 2. The number of carbonyl (C=O) groups is 2. The molecule has 3 atom stereocenters. The van der Waals surface area contributed by atoms with Crippen molar-refractivity contribution in [3.05, 3.63) is 83.9 Å². The highest BCUT2D eigenvalue weighted by molar-refractivity contribution is 6.01. The van der Waals surface area contributed by atoms with E-state index < -0.39 is 0 Å². The molecule has 2 fully saturated rings. The Balaban J connectivity index is 1.18. The molecule has 3 unspecified atom stereocenters. The lowest BCUT2D eigenvalue weighted by atomic mass is 9.96. The summed E-state index contributed by atoms with van der Waals surface area (Å²) in [6, 6.07) is 24.4. The number of fused-ring (bicyclic) bond motifs is 3. The lowest BCUT2D eigenvalue weighted by molar-refractivity contribution is -0.123. The topological polar surface area (TPSA) is 87.3 Å². The summed E-state index contributed by atoms with van der Waals surface area (Å²) < 4.78 is 6.32. The van der Waals surface area contributed by atoms with Crippen molar-refractivity contribution in [2.75, 3.05) is 0 Å². The molecule has 2 saturated heterocycles. The monoisotopic (exact) mass is 536 g/mol. The van der Waals surface area contributed by atoms with Crippen LogP contribution in [0.5, 0.6) is 5.75 Å². The molecule has 206 valence electrons. The fraction of sp³-hybridized carbons (Fsp3) is 0.364. The third kappa shape index (κ3) is 5.33. The molecule has 2 bridgehead atoms. The van der Waals surface area contributed by atoms with Gasteiger partial charge >= 0.3 is 0 Å². The Bertz CT molecular complexity index is 1470. The highest BCUT2D eigenvalue weighted by atomic mass is 16.5. The second-order valence-corrected chi connectivity index (χ2v) is 11.6. The van der Waals surface area contributed by atoms with E-state index in [1.54, 1.807) is 0 Å². The minimum Gasteiger partial charge on any atom is -0.490 e. The van der Waals surface area contributed by atoms with Gasteiger partial charge in [-0.3, -0.25) is 14.7 Å². The number of nitrogens with one attached hydrogen (secondary N) is 2. The Kier molecular flexibility index (Phi) is 7.29. The van der Waals surface area contributed by atoms with E-state index in [0.29, 0.717) is 23.6 Å². The molecule has 0 saturated carbocycles. The second kappa shape index (κ2) is 11.2. The number of H-pyrrole nitrogens is 1. The van der Waals surface area contributed by atoms with Crippen molar-refractivity contribution in [2.45, 2.75) is 70.2 Å². The highest BCUT2D eigenvalue weighted by Gasteiger charge is 2.40. The summed E-state index contributed by atoms with van der Waals surface area (Å²) in [4.78, 5) is 26.7. The van der Waals surface area contributed by atoms with Gasteiger partial charge < -0.3 is 15.0 Å². The van der Waals surface area contributed by atoms with E-state index in [4.69, 9.17) is 4.74 Å². The molecule has 0 radical (unpaired) electrons. The molecule has 2 aliphatic rings. The third-order valence-electron chi connectivity index (χ3n) is 8.34. The second-order valence-electron chi connectivity index (χ2n) is 11.6. The fourth-order valence-electron chi connectivity index (χ4n) is 6.37. The first-order valence-corrected chi connectivity index (χ1v) is 14.3. The smallest absolute Gasteiger partial charge is 0.251 e. The van der Waals surface area contributed by atoms with Gasteiger partial charge in [-0.2, -0.15) is 5.10 Å². The largest absolute Gasteiger partial charge is 0.490 e. The molecule has 7 nitrogen and oxygen atoms in total.